The molecule has 0 atom stereocenters. The molecule has 0 aromatic heterocycles. The molecular formula is C11H10NO4+. The maximum Gasteiger partial charge on any atom is 0.530 e. The molecule has 1 aromatic rings. The number of hydrogen-bond donors (Lipinski definition) is 1. The first kappa shape index (κ1) is 10.5. The Bertz CT molecular complexity index is 446. The quantitative estimate of drug-likeness (QED) is 0.678. The molecule has 0 radical (unpaired) electrons. The van der Waals surface area contributed by atoms with Gasteiger partial charge in [-0.1, -0.05) is 17.0 Å². The molecule has 0 unspecified atom stereocenters. The van der Waals surface area contributed by atoms with Crippen LogP contribution in [0.15, 0.2) is 24.3 Å². The standard InChI is InChI=1S/C11H9NO4/c1-2-16-11(15)12-9(13)7-5-3-4-6-8(7)10(12)14/h3-6H,2H2,1H3/p+1. The van der Waals surface area contributed by atoms with Crippen LogP contribution in [0.3, 0.4) is 0 Å². The van der Waals surface area contributed by atoms with Gasteiger partial charge >= 0.3 is 17.9 Å². The van der Waals surface area contributed by atoms with E-state index in [1.165, 1.54) is 12.1 Å². The van der Waals surface area contributed by atoms with Crippen molar-refractivity contribution in [1.29, 1.82) is 0 Å². The summed E-state index contributed by atoms with van der Waals surface area (Å²) in [6.45, 7) is 1.76. The van der Waals surface area contributed by atoms with Gasteiger partial charge in [0, 0.05) is 0 Å². The highest BCUT2D eigenvalue weighted by Gasteiger charge is 2.47. The third kappa shape index (κ3) is 1.42. The van der Waals surface area contributed by atoms with Crippen molar-refractivity contribution in [1.82, 2.24) is 0 Å². The molecule has 5 heteroatoms. The number of fused-ring (bicyclic) bond motifs is 1. The zero-order valence-electron chi connectivity index (χ0n) is 8.65. The van der Waals surface area contributed by atoms with Gasteiger partial charge in [0.1, 0.15) is 0 Å². The lowest BCUT2D eigenvalue weighted by Crippen LogP contribution is -3.17. The van der Waals surface area contributed by atoms with E-state index in [9.17, 15) is 14.4 Å². The number of quaternary nitrogens is 1. The number of rotatable bonds is 1. The number of carbonyl (C=O) groups is 3. The summed E-state index contributed by atoms with van der Waals surface area (Å²) >= 11 is 0. The average Bonchev–Trinajstić information content (AvgIpc) is 2.53. The van der Waals surface area contributed by atoms with Crippen LogP contribution in [0.2, 0.25) is 0 Å². The van der Waals surface area contributed by atoms with Crippen molar-refractivity contribution in [2.75, 3.05) is 6.61 Å². The first-order valence-electron chi connectivity index (χ1n) is 4.89. The molecule has 2 rings (SSSR count). The predicted octanol–water partition coefficient (Wildman–Crippen LogP) is 0.0220. The van der Waals surface area contributed by atoms with Crippen LogP contribution in [-0.2, 0) is 4.74 Å². The van der Waals surface area contributed by atoms with E-state index in [2.05, 4.69) is 4.74 Å². The van der Waals surface area contributed by atoms with Gasteiger partial charge in [-0.15, -0.1) is 0 Å². The Morgan fingerprint density at radius 2 is 1.69 bits per heavy atom. The van der Waals surface area contributed by atoms with Crippen molar-refractivity contribution in [2.45, 2.75) is 6.92 Å². The van der Waals surface area contributed by atoms with Crippen LogP contribution in [0.5, 0.6) is 0 Å². The van der Waals surface area contributed by atoms with Gasteiger partial charge in [-0.3, -0.25) is 0 Å². The molecule has 5 nitrogen and oxygen atoms in total. The van der Waals surface area contributed by atoms with E-state index in [0.29, 0.717) is 0 Å². The largest absolute Gasteiger partial charge is 0.530 e. The fourth-order valence-electron chi connectivity index (χ4n) is 1.64. The SMILES string of the molecule is CCOC(=O)[NH+]1C(=O)c2ccccc2C1=O. The van der Waals surface area contributed by atoms with E-state index in [1.807, 2.05) is 0 Å². The third-order valence-electron chi connectivity index (χ3n) is 2.35. The molecule has 0 bridgehead atoms. The van der Waals surface area contributed by atoms with Crippen LogP contribution in [0.4, 0.5) is 4.79 Å². The van der Waals surface area contributed by atoms with Crippen LogP contribution >= 0.6 is 0 Å². The molecule has 1 heterocycles. The number of carbonyl (C=O) groups excluding carboxylic acids is 3. The number of ether oxygens (including phenoxy) is 1. The number of hydrogen-bond acceptors (Lipinski definition) is 4. The van der Waals surface area contributed by atoms with E-state index in [1.54, 1.807) is 19.1 Å². The molecule has 0 spiro atoms. The molecule has 0 fully saturated rings. The molecule has 1 aliphatic rings. The first-order chi connectivity index (χ1) is 7.66. The highest BCUT2D eigenvalue weighted by atomic mass is 16.6. The Hall–Kier alpha value is -2.01. The zero-order chi connectivity index (χ0) is 11.7. The smallest absolute Gasteiger partial charge is 0.420 e. The van der Waals surface area contributed by atoms with Crippen molar-refractivity contribution in [2.24, 2.45) is 0 Å². The predicted molar refractivity (Wildman–Crippen MR) is 53.1 cm³/mol. The molecular weight excluding hydrogens is 210 g/mol. The van der Waals surface area contributed by atoms with E-state index in [0.717, 1.165) is 0 Å². The monoisotopic (exact) mass is 220 g/mol. The number of imide groups is 3. The summed E-state index contributed by atoms with van der Waals surface area (Å²) in [6.07, 6.45) is -0.839. The summed E-state index contributed by atoms with van der Waals surface area (Å²) in [7, 11) is 0. The van der Waals surface area contributed by atoms with Crippen molar-refractivity contribution < 1.29 is 24.0 Å². The number of benzene rings is 1. The van der Waals surface area contributed by atoms with Gasteiger partial charge in [0.25, 0.3) is 0 Å². The molecule has 82 valence electrons. The van der Waals surface area contributed by atoms with Gasteiger partial charge in [0.2, 0.25) is 0 Å². The summed E-state index contributed by atoms with van der Waals surface area (Å²) in [6, 6.07) is 6.36. The fraction of sp³-hybridized carbons (Fsp3) is 0.182. The molecule has 1 N–H and O–H groups in total. The van der Waals surface area contributed by atoms with Gasteiger partial charge < -0.3 is 4.74 Å². The van der Waals surface area contributed by atoms with E-state index in [4.69, 9.17) is 0 Å². The van der Waals surface area contributed by atoms with Crippen molar-refractivity contribution >= 4 is 17.9 Å². The normalized spacial score (nSPS) is 15.1. The van der Waals surface area contributed by atoms with Gasteiger partial charge in [-0.2, -0.15) is 4.79 Å². The Morgan fingerprint density at radius 1 is 1.19 bits per heavy atom. The fourth-order valence-corrected chi connectivity index (χ4v) is 1.64. The minimum Gasteiger partial charge on any atom is -0.420 e. The van der Waals surface area contributed by atoms with Gasteiger partial charge in [-0.05, 0) is 19.1 Å². The molecule has 0 aliphatic carbocycles. The summed E-state index contributed by atoms with van der Waals surface area (Å²) in [5.41, 5.74) is 0.547. The van der Waals surface area contributed by atoms with E-state index >= 15 is 0 Å². The number of alkyl carbamates (subject to hydrolysis) is 2. The van der Waals surface area contributed by atoms with E-state index < -0.39 is 17.9 Å². The Morgan fingerprint density at radius 3 is 2.12 bits per heavy atom. The molecule has 0 saturated carbocycles. The Labute approximate surface area is 91.6 Å². The third-order valence-corrected chi connectivity index (χ3v) is 2.35. The summed E-state index contributed by atoms with van der Waals surface area (Å²) < 4.78 is 4.68. The molecule has 1 aliphatic heterocycles. The van der Waals surface area contributed by atoms with Crippen molar-refractivity contribution in [3.8, 4) is 0 Å². The average molecular weight is 220 g/mol. The van der Waals surface area contributed by atoms with Crippen LogP contribution < -0.4 is 4.90 Å². The summed E-state index contributed by atoms with van der Waals surface area (Å²) in [5.74, 6) is -1.09. The van der Waals surface area contributed by atoms with Gasteiger partial charge in [0.15, 0.2) is 0 Å². The second-order valence-corrected chi connectivity index (χ2v) is 3.30. The minimum atomic E-state index is -0.839. The Balaban J connectivity index is 2.39. The van der Waals surface area contributed by atoms with Crippen LogP contribution in [-0.4, -0.2) is 24.5 Å². The Kier molecular flexibility index (Phi) is 2.54. The van der Waals surface area contributed by atoms with E-state index in [-0.39, 0.29) is 22.6 Å². The molecule has 1 aromatic carbocycles. The lowest BCUT2D eigenvalue weighted by atomic mass is 10.1. The molecule has 16 heavy (non-hydrogen) atoms. The number of amides is 3. The topological polar surface area (TPSA) is 64.9 Å². The minimum absolute atomic E-state index is 0.138. The van der Waals surface area contributed by atoms with Gasteiger partial charge in [0.05, 0.1) is 17.7 Å². The second-order valence-electron chi connectivity index (χ2n) is 3.30. The lowest BCUT2D eigenvalue weighted by Gasteiger charge is -2.03. The van der Waals surface area contributed by atoms with Crippen molar-refractivity contribution in [3.05, 3.63) is 35.4 Å². The van der Waals surface area contributed by atoms with Crippen LogP contribution in [0.1, 0.15) is 27.6 Å². The summed E-state index contributed by atoms with van der Waals surface area (Å²) in [4.78, 5) is 34.6. The highest BCUT2D eigenvalue weighted by Crippen LogP contribution is 2.11. The van der Waals surface area contributed by atoms with Gasteiger partial charge in [-0.25, -0.2) is 9.59 Å². The van der Waals surface area contributed by atoms with Crippen molar-refractivity contribution in [3.63, 3.8) is 0 Å². The summed E-state index contributed by atoms with van der Waals surface area (Å²) in [5, 5.41) is 0. The first-order valence-corrected chi connectivity index (χ1v) is 4.89. The van der Waals surface area contributed by atoms with Crippen LogP contribution in [0.25, 0.3) is 0 Å². The maximum absolute atomic E-state index is 11.8. The maximum atomic E-state index is 11.8. The number of nitrogens with one attached hydrogen (secondary N) is 1. The van der Waals surface area contributed by atoms with Crippen LogP contribution in [0, 0.1) is 0 Å². The lowest BCUT2D eigenvalue weighted by molar-refractivity contribution is -0.636. The molecule has 0 saturated heterocycles. The molecule has 3 amide bonds. The zero-order valence-corrected chi connectivity index (χ0v) is 8.65. The second kappa shape index (κ2) is 3.86. The highest BCUT2D eigenvalue weighted by molar-refractivity contribution is 6.15.